The summed E-state index contributed by atoms with van der Waals surface area (Å²) in [5, 5.41) is 11.5. The van der Waals surface area contributed by atoms with Crippen LogP contribution in [0.5, 0.6) is 0 Å². The first-order chi connectivity index (χ1) is 8.79. The van der Waals surface area contributed by atoms with Crippen molar-refractivity contribution in [2.24, 2.45) is 0 Å². The number of hydrogen-bond donors (Lipinski definition) is 1. The van der Waals surface area contributed by atoms with Gasteiger partial charge in [-0.3, -0.25) is 0 Å². The minimum atomic E-state index is 0.347. The molecule has 0 fully saturated rings. The van der Waals surface area contributed by atoms with Gasteiger partial charge in [-0.25, -0.2) is 0 Å². The van der Waals surface area contributed by atoms with Crippen LogP contribution in [0.25, 0.3) is 0 Å². The highest BCUT2D eigenvalue weighted by Gasteiger charge is 2.08. The summed E-state index contributed by atoms with van der Waals surface area (Å²) in [4.78, 5) is 0. The zero-order valence-corrected chi connectivity index (χ0v) is 11.9. The van der Waals surface area contributed by atoms with Gasteiger partial charge in [0.25, 0.3) is 0 Å². The first-order valence-electron chi connectivity index (χ1n) is 6.05. The SMILES string of the molecule is CCC(NCc1cccnn1)c1ccc(Br)cc1. The fourth-order valence-corrected chi connectivity index (χ4v) is 2.11. The topological polar surface area (TPSA) is 37.8 Å². The van der Waals surface area contributed by atoms with Crippen LogP contribution in [0.1, 0.15) is 30.6 Å². The summed E-state index contributed by atoms with van der Waals surface area (Å²) in [6.45, 7) is 2.92. The summed E-state index contributed by atoms with van der Waals surface area (Å²) in [7, 11) is 0. The Balaban J connectivity index is 1.99. The Bertz CT molecular complexity index is 470. The Morgan fingerprint density at radius 1 is 1.22 bits per heavy atom. The molecule has 1 heterocycles. The molecular formula is C14H16BrN3. The quantitative estimate of drug-likeness (QED) is 0.919. The van der Waals surface area contributed by atoms with Gasteiger partial charge >= 0.3 is 0 Å². The minimum absolute atomic E-state index is 0.347. The first-order valence-corrected chi connectivity index (χ1v) is 6.84. The van der Waals surface area contributed by atoms with Gasteiger partial charge in [-0.05, 0) is 36.2 Å². The molecule has 2 rings (SSSR count). The molecule has 0 radical (unpaired) electrons. The van der Waals surface area contributed by atoms with E-state index in [1.54, 1.807) is 6.20 Å². The van der Waals surface area contributed by atoms with E-state index in [9.17, 15) is 0 Å². The number of benzene rings is 1. The van der Waals surface area contributed by atoms with Crippen molar-refractivity contribution in [2.75, 3.05) is 0 Å². The molecule has 0 saturated carbocycles. The molecule has 1 atom stereocenters. The predicted molar refractivity (Wildman–Crippen MR) is 76.0 cm³/mol. The van der Waals surface area contributed by atoms with Crippen molar-refractivity contribution in [2.45, 2.75) is 25.9 Å². The second-order valence-electron chi connectivity index (χ2n) is 4.11. The molecular weight excluding hydrogens is 290 g/mol. The predicted octanol–water partition coefficient (Wildman–Crippen LogP) is 3.48. The number of nitrogens with zero attached hydrogens (tertiary/aromatic N) is 2. The zero-order valence-electron chi connectivity index (χ0n) is 10.3. The van der Waals surface area contributed by atoms with Crippen molar-refractivity contribution >= 4 is 15.9 Å². The molecule has 3 nitrogen and oxygen atoms in total. The molecule has 0 amide bonds. The number of aromatic nitrogens is 2. The van der Waals surface area contributed by atoms with Crippen LogP contribution in [0.15, 0.2) is 47.1 Å². The maximum Gasteiger partial charge on any atom is 0.0769 e. The van der Waals surface area contributed by atoms with Crippen LogP contribution < -0.4 is 5.32 Å². The molecule has 0 spiro atoms. The largest absolute Gasteiger partial charge is 0.304 e. The molecule has 0 aliphatic rings. The van der Waals surface area contributed by atoms with E-state index < -0.39 is 0 Å². The van der Waals surface area contributed by atoms with Crippen molar-refractivity contribution in [3.8, 4) is 0 Å². The Labute approximate surface area is 116 Å². The Hall–Kier alpha value is -1.26. The molecule has 0 aliphatic heterocycles. The number of halogens is 1. The lowest BCUT2D eigenvalue weighted by atomic mass is 10.0. The van der Waals surface area contributed by atoms with Crippen LogP contribution in [0.3, 0.4) is 0 Å². The van der Waals surface area contributed by atoms with Crippen LogP contribution in [-0.2, 0) is 6.54 Å². The summed E-state index contributed by atoms with van der Waals surface area (Å²) >= 11 is 3.45. The number of rotatable bonds is 5. The molecule has 0 bridgehead atoms. The highest BCUT2D eigenvalue weighted by atomic mass is 79.9. The lowest BCUT2D eigenvalue weighted by Crippen LogP contribution is -2.20. The number of hydrogen-bond acceptors (Lipinski definition) is 3. The van der Waals surface area contributed by atoms with Gasteiger partial charge in [-0.15, -0.1) is 0 Å². The molecule has 18 heavy (non-hydrogen) atoms. The van der Waals surface area contributed by atoms with E-state index in [0.717, 1.165) is 23.1 Å². The maximum absolute atomic E-state index is 4.07. The number of nitrogens with one attached hydrogen (secondary N) is 1. The second-order valence-corrected chi connectivity index (χ2v) is 5.02. The Morgan fingerprint density at radius 3 is 2.61 bits per heavy atom. The van der Waals surface area contributed by atoms with Crippen molar-refractivity contribution in [3.63, 3.8) is 0 Å². The van der Waals surface area contributed by atoms with Crippen molar-refractivity contribution in [1.82, 2.24) is 15.5 Å². The van der Waals surface area contributed by atoms with E-state index in [4.69, 9.17) is 0 Å². The smallest absolute Gasteiger partial charge is 0.0769 e. The molecule has 1 aromatic carbocycles. The van der Waals surface area contributed by atoms with E-state index in [2.05, 4.69) is 62.6 Å². The van der Waals surface area contributed by atoms with Crippen molar-refractivity contribution < 1.29 is 0 Å². The van der Waals surface area contributed by atoms with Crippen LogP contribution in [0, 0.1) is 0 Å². The van der Waals surface area contributed by atoms with Crippen LogP contribution in [0.4, 0.5) is 0 Å². The van der Waals surface area contributed by atoms with Gasteiger partial charge in [0.15, 0.2) is 0 Å². The third-order valence-corrected chi connectivity index (χ3v) is 3.37. The monoisotopic (exact) mass is 305 g/mol. The summed E-state index contributed by atoms with van der Waals surface area (Å²) in [5.74, 6) is 0. The van der Waals surface area contributed by atoms with Crippen LogP contribution in [-0.4, -0.2) is 10.2 Å². The third-order valence-electron chi connectivity index (χ3n) is 2.84. The van der Waals surface area contributed by atoms with Gasteiger partial charge in [-0.2, -0.15) is 10.2 Å². The van der Waals surface area contributed by atoms with Gasteiger partial charge in [-0.1, -0.05) is 35.0 Å². The molecule has 1 N–H and O–H groups in total. The van der Waals surface area contributed by atoms with Gasteiger partial charge in [0.2, 0.25) is 0 Å². The molecule has 2 aromatic rings. The fourth-order valence-electron chi connectivity index (χ4n) is 1.85. The van der Waals surface area contributed by atoms with Gasteiger partial charge in [0.1, 0.15) is 0 Å². The Morgan fingerprint density at radius 2 is 2.00 bits per heavy atom. The van der Waals surface area contributed by atoms with Crippen molar-refractivity contribution in [1.29, 1.82) is 0 Å². The standard InChI is InChI=1S/C14H16BrN3/c1-2-14(11-5-7-12(15)8-6-11)16-10-13-4-3-9-17-18-13/h3-9,14,16H,2,10H2,1H3. The third kappa shape index (κ3) is 3.62. The van der Waals surface area contributed by atoms with Crippen molar-refractivity contribution in [3.05, 3.63) is 58.3 Å². The van der Waals surface area contributed by atoms with Gasteiger partial charge in [0, 0.05) is 23.3 Å². The lowest BCUT2D eigenvalue weighted by Gasteiger charge is -2.17. The average molecular weight is 306 g/mol. The van der Waals surface area contributed by atoms with Crippen LogP contribution in [0.2, 0.25) is 0 Å². The fraction of sp³-hybridized carbons (Fsp3) is 0.286. The molecule has 0 saturated heterocycles. The molecule has 4 heteroatoms. The van der Waals surface area contributed by atoms with E-state index >= 15 is 0 Å². The van der Waals surface area contributed by atoms with E-state index in [1.165, 1.54) is 5.56 Å². The van der Waals surface area contributed by atoms with E-state index in [1.807, 2.05) is 12.1 Å². The highest BCUT2D eigenvalue weighted by molar-refractivity contribution is 9.10. The highest BCUT2D eigenvalue weighted by Crippen LogP contribution is 2.19. The molecule has 0 aliphatic carbocycles. The average Bonchev–Trinajstić information content (AvgIpc) is 2.42. The maximum atomic E-state index is 4.07. The lowest BCUT2D eigenvalue weighted by molar-refractivity contribution is 0.512. The summed E-state index contributed by atoms with van der Waals surface area (Å²) < 4.78 is 1.11. The van der Waals surface area contributed by atoms with E-state index in [0.29, 0.717) is 6.04 Å². The summed E-state index contributed by atoms with van der Waals surface area (Å²) in [6.07, 6.45) is 2.73. The zero-order chi connectivity index (χ0) is 12.8. The Kier molecular flexibility index (Phi) is 4.84. The van der Waals surface area contributed by atoms with Gasteiger partial charge in [0.05, 0.1) is 5.69 Å². The van der Waals surface area contributed by atoms with E-state index in [-0.39, 0.29) is 0 Å². The normalized spacial score (nSPS) is 12.3. The summed E-state index contributed by atoms with van der Waals surface area (Å²) in [5.41, 5.74) is 2.26. The van der Waals surface area contributed by atoms with Gasteiger partial charge < -0.3 is 5.32 Å². The molecule has 1 aromatic heterocycles. The second kappa shape index (κ2) is 6.61. The van der Waals surface area contributed by atoms with Crippen LogP contribution >= 0.6 is 15.9 Å². The minimum Gasteiger partial charge on any atom is -0.304 e. The summed E-state index contributed by atoms with van der Waals surface area (Å²) in [6, 6.07) is 12.7. The molecule has 1 unspecified atom stereocenters. The first kappa shape index (κ1) is 13.2. The molecule has 94 valence electrons.